The Kier molecular flexibility index (Phi) is 5.31. The Bertz CT molecular complexity index is 566. The maximum absolute atomic E-state index is 12.4. The Morgan fingerprint density at radius 3 is 2.43 bits per heavy atom. The van der Waals surface area contributed by atoms with Gasteiger partial charge in [0.1, 0.15) is 23.2 Å². The van der Waals surface area contributed by atoms with Gasteiger partial charge < -0.3 is 24.4 Å². The van der Waals surface area contributed by atoms with Crippen LogP contribution < -0.4 is 14.8 Å². The van der Waals surface area contributed by atoms with E-state index in [0.29, 0.717) is 23.6 Å². The fourth-order valence-electron chi connectivity index (χ4n) is 2.44. The summed E-state index contributed by atoms with van der Waals surface area (Å²) in [5.41, 5.74) is 0.322. The highest BCUT2D eigenvalue weighted by atomic mass is 16.6. The number of nitrogens with one attached hydrogen (secondary N) is 1. The predicted octanol–water partition coefficient (Wildman–Crippen LogP) is 1.66. The molecule has 1 saturated heterocycles. The van der Waals surface area contributed by atoms with Crippen LogP contribution in [-0.4, -0.2) is 56.4 Å². The second-order valence-corrected chi connectivity index (χ2v) is 5.50. The highest BCUT2D eigenvalue weighted by Gasteiger charge is 2.33. The largest absolute Gasteiger partial charge is 0.496 e. The number of cyclic esters (lactones) is 1. The van der Waals surface area contributed by atoms with Crippen molar-refractivity contribution in [2.75, 3.05) is 27.3 Å². The highest BCUT2D eigenvalue weighted by Crippen LogP contribution is 2.28. The number of methoxy groups -OCH3 is 2. The van der Waals surface area contributed by atoms with Gasteiger partial charge in [-0.2, -0.15) is 0 Å². The molecule has 1 N–H and O–H groups in total. The number of carbonyl (C=O) groups is 2. The number of carbonyl (C=O) groups excluding carboxylic acids is 2. The van der Waals surface area contributed by atoms with Crippen molar-refractivity contribution < 1.29 is 23.8 Å². The molecule has 2 amide bonds. The molecule has 0 saturated carbocycles. The zero-order valence-electron chi connectivity index (χ0n) is 13.8. The molecular weight excluding hydrogens is 300 g/mol. The lowest BCUT2D eigenvalue weighted by Gasteiger charge is -2.17. The van der Waals surface area contributed by atoms with Crippen molar-refractivity contribution in [3.05, 3.63) is 23.8 Å². The van der Waals surface area contributed by atoms with Crippen LogP contribution in [0.15, 0.2) is 18.2 Å². The molecule has 0 radical (unpaired) electrons. The van der Waals surface area contributed by atoms with Gasteiger partial charge in [0, 0.05) is 6.04 Å². The lowest BCUT2D eigenvalue weighted by molar-refractivity contribution is 0.0908. The summed E-state index contributed by atoms with van der Waals surface area (Å²) in [4.78, 5) is 25.8. The van der Waals surface area contributed by atoms with Crippen LogP contribution in [0.1, 0.15) is 24.2 Å². The summed E-state index contributed by atoms with van der Waals surface area (Å²) in [6.45, 7) is 4.53. The van der Waals surface area contributed by atoms with Crippen LogP contribution in [0.2, 0.25) is 0 Å². The van der Waals surface area contributed by atoms with Gasteiger partial charge in [0.2, 0.25) is 0 Å². The number of amides is 2. The van der Waals surface area contributed by atoms with Gasteiger partial charge in [-0.3, -0.25) is 4.79 Å². The highest BCUT2D eigenvalue weighted by molar-refractivity contribution is 5.99. The molecule has 1 fully saturated rings. The minimum atomic E-state index is -0.366. The summed E-state index contributed by atoms with van der Waals surface area (Å²) < 4.78 is 15.7. The molecule has 7 nitrogen and oxygen atoms in total. The smallest absolute Gasteiger partial charge is 0.410 e. The molecule has 126 valence electrons. The molecule has 1 unspecified atom stereocenters. The molecule has 1 aromatic carbocycles. The number of hydrogen-bond donors (Lipinski definition) is 1. The van der Waals surface area contributed by atoms with E-state index in [2.05, 4.69) is 5.32 Å². The first-order valence-corrected chi connectivity index (χ1v) is 7.44. The van der Waals surface area contributed by atoms with E-state index >= 15 is 0 Å². The summed E-state index contributed by atoms with van der Waals surface area (Å²) in [5, 5.41) is 2.77. The molecule has 0 aliphatic carbocycles. The number of nitrogens with zero attached hydrogens (tertiary/aromatic N) is 1. The van der Waals surface area contributed by atoms with Gasteiger partial charge in [0.05, 0.1) is 27.3 Å². The lowest BCUT2D eigenvalue weighted by Crippen LogP contribution is -2.36. The minimum Gasteiger partial charge on any atom is -0.496 e. The molecule has 7 heteroatoms. The van der Waals surface area contributed by atoms with Crippen LogP contribution in [0.3, 0.4) is 0 Å². The summed E-state index contributed by atoms with van der Waals surface area (Å²) in [6, 6.07) is 5.19. The number of benzene rings is 1. The fraction of sp³-hybridized carbons (Fsp3) is 0.500. The minimum absolute atomic E-state index is 0.0671. The quantitative estimate of drug-likeness (QED) is 0.862. The van der Waals surface area contributed by atoms with Crippen LogP contribution in [0.25, 0.3) is 0 Å². The van der Waals surface area contributed by atoms with Gasteiger partial charge >= 0.3 is 6.09 Å². The first-order valence-electron chi connectivity index (χ1n) is 7.44. The molecule has 0 bridgehead atoms. The van der Waals surface area contributed by atoms with E-state index in [1.54, 1.807) is 23.1 Å². The second-order valence-electron chi connectivity index (χ2n) is 5.50. The fourth-order valence-corrected chi connectivity index (χ4v) is 2.44. The van der Waals surface area contributed by atoms with Crippen molar-refractivity contribution in [3.8, 4) is 11.5 Å². The first-order chi connectivity index (χ1) is 11.0. The lowest BCUT2D eigenvalue weighted by atomic mass is 10.1. The maximum Gasteiger partial charge on any atom is 0.410 e. The number of hydrogen-bond acceptors (Lipinski definition) is 5. The van der Waals surface area contributed by atoms with E-state index in [1.807, 2.05) is 13.8 Å². The summed E-state index contributed by atoms with van der Waals surface area (Å²) in [7, 11) is 2.98. The predicted molar refractivity (Wildman–Crippen MR) is 84.0 cm³/mol. The van der Waals surface area contributed by atoms with Gasteiger partial charge in [-0.1, -0.05) is 6.07 Å². The van der Waals surface area contributed by atoms with E-state index in [4.69, 9.17) is 14.2 Å². The molecule has 0 aromatic heterocycles. The molecule has 1 atom stereocenters. The van der Waals surface area contributed by atoms with E-state index in [0.717, 1.165) is 0 Å². The summed E-state index contributed by atoms with van der Waals surface area (Å²) in [6.07, 6.45) is -0.719. The molecule has 1 aliphatic heterocycles. The maximum atomic E-state index is 12.4. The SMILES string of the molecule is COc1cccc(OC)c1C(=O)NCC1CN(C(C)C)C(=O)O1. The monoisotopic (exact) mass is 322 g/mol. The molecule has 0 spiro atoms. The van der Waals surface area contributed by atoms with E-state index < -0.39 is 0 Å². The second kappa shape index (κ2) is 7.21. The average molecular weight is 322 g/mol. The van der Waals surface area contributed by atoms with E-state index in [-0.39, 0.29) is 30.7 Å². The Hall–Kier alpha value is -2.44. The Morgan fingerprint density at radius 1 is 1.35 bits per heavy atom. The Morgan fingerprint density at radius 2 is 1.96 bits per heavy atom. The number of rotatable bonds is 6. The molecule has 1 aromatic rings. The summed E-state index contributed by atoms with van der Waals surface area (Å²) >= 11 is 0. The molecule has 1 heterocycles. The normalized spacial score (nSPS) is 17.2. The van der Waals surface area contributed by atoms with Gasteiger partial charge in [-0.15, -0.1) is 0 Å². The molecule has 23 heavy (non-hydrogen) atoms. The topological polar surface area (TPSA) is 77.1 Å². The zero-order valence-corrected chi connectivity index (χ0v) is 13.8. The van der Waals surface area contributed by atoms with Crippen molar-refractivity contribution in [2.45, 2.75) is 26.0 Å². The van der Waals surface area contributed by atoms with Crippen LogP contribution in [0.5, 0.6) is 11.5 Å². The van der Waals surface area contributed by atoms with Gasteiger partial charge in [-0.05, 0) is 26.0 Å². The third-order valence-corrected chi connectivity index (χ3v) is 3.67. The van der Waals surface area contributed by atoms with Crippen molar-refractivity contribution in [1.29, 1.82) is 0 Å². The van der Waals surface area contributed by atoms with Crippen LogP contribution in [0.4, 0.5) is 4.79 Å². The van der Waals surface area contributed by atoms with Crippen molar-refractivity contribution in [3.63, 3.8) is 0 Å². The Labute approximate surface area is 135 Å². The van der Waals surface area contributed by atoms with Crippen molar-refractivity contribution in [1.82, 2.24) is 10.2 Å². The van der Waals surface area contributed by atoms with E-state index in [9.17, 15) is 9.59 Å². The van der Waals surface area contributed by atoms with Gasteiger partial charge in [-0.25, -0.2) is 4.79 Å². The summed E-state index contributed by atoms with van der Waals surface area (Å²) in [5.74, 6) is 0.515. The number of ether oxygens (including phenoxy) is 3. The van der Waals surface area contributed by atoms with Crippen molar-refractivity contribution >= 4 is 12.0 Å². The van der Waals surface area contributed by atoms with Crippen LogP contribution in [0, 0.1) is 0 Å². The molecule has 2 rings (SSSR count). The van der Waals surface area contributed by atoms with Crippen LogP contribution >= 0.6 is 0 Å². The van der Waals surface area contributed by atoms with E-state index in [1.165, 1.54) is 14.2 Å². The molecule has 1 aliphatic rings. The van der Waals surface area contributed by atoms with Crippen LogP contribution in [-0.2, 0) is 4.74 Å². The third-order valence-electron chi connectivity index (χ3n) is 3.67. The van der Waals surface area contributed by atoms with Gasteiger partial charge in [0.25, 0.3) is 5.91 Å². The third kappa shape index (κ3) is 3.67. The molecular formula is C16H22N2O5. The average Bonchev–Trinajstić information content (AvgIpc) is 2.92. The zero-order chi connectivity index (χ0) is 17.0. The standard InChI is InChI=1S/C16H22N2O5/c1-10(2)18-9-11(23-16(18)20)8-17-15(19)14-12(21-3)6-5-7-13(14)22-4/h5-7,10-11H,8-9H2,1-4H3,(H,17,19). The Balaban J connectivity index is 2.02. The first kappa shape index (κ1) is 16.9. The van der Waals surface area contributed by atoms with Gasteiger partial charge in [0.15, 0.2) is 0 Å². The van der Waals surface area contributed by atoms with Crippen molar-refractivity contribution in [2.24, 2.45) is 0 Å².